The van der Waals surface area contributed by atoms with Crippen LogP contribution in [0.5, 0.6) is 0 Å². The first-order valence-electron chi connectivity index (χ1n) is 9.91. The van der Waals surface area contributed by atoms with Gasteiger partial charge in [-0.1, -0.05) is 55.8 Å². The highest BCUT2D eigenvalue weighted by molar-refractivity contribution is 7.70. The van der Waals surface area contributed by atoms with Crippen LogP contribution >= 0.6 is 0 Å². The van der Waals surface area contributed by atoms with E-state index in [-0.39, 0.29) is 0 Å². The quantitative estimate of drug-likeness (QED) is 0.298. The summed E-state index contributed by atoms with van der Waals surface area (Å²) in [6, 6.07) is 22.9. The number of hydrazine groups is 1. The molecule has 4 aromatic rings. The molecule has 0 saturated heterocycles. The fourth-order valence-electron chi connectivity index (χ4n) is 3.67. The molecule has 6 heteroatoms. The molecule has 0 amide bonds. The molecule has 3 aromatic carbocycles. The molecule has 0 bridgehead atoms. The van der Waals surface area contributed by atoms with E-state index in [0.29, 0.717) is 11.6 Å². The summed E-state index contributed by atoms with van der Waals surface area (Å²) in [5.41, 5.74) is 10.4. The van der Waals surface area contributed by atoms with Gasteiger partial charge < -0.3 is 9.99 Å². The summed E-state index contributed by atoms with van der Waals surface area (Å²) in [6.07, 6.45) is 2.20. The van der Waals surface area contributed by atoms with Crippen LogP contribution in [0, 0.1) is 6.92 Å². The van der Waals surface area contributed by atoms with Crippen molar-refractivity contribution >= 4 is 27.5 Å². The van der Waals surface area contributed by atoms with E-state index < -0.39 is 10.9 Å². The predicted octanol–water partition coefficient (Wildman–Crippen LogP) is 5.17. The Morgan fingerprint density at radius 2 is 1.53 bits per heavy atom. The van der Waals surface area contributed by atoms with Crippen molar-refractivity contribution in [2.45, 2.75) is 26.7 Å². The van der Waals surface area contributed by atoms with Gasteiger partial charge >= 0.3 is 0 Å². The van der Waals surface area contributed by atoms with Crippen molar-refractivity contribution in [2.75, 3.05) is 5.43 Å². The zero-order valence-electron chi connectivity index (χ0n) is 17.2. The van der Waals surface area contributed by atoms with Gasteiger partial charge in [0.2, 0.25) is 10.9 Å². The molecule has 30 heavy (non-hydrogen) atoms. The van der Waals surface area contributed by atoms with Crippen molar-refractivity contribution in [1.29, 1.82) is 0 Å². The predicted molar refractivity (Wildman–Crippen MR) is 125 cm³/mol. The van der Waals surface area contributed by atoms with Crippen molar-refractivity contribution in [3.63, 3.8) is 0 Å². The van der Waals surface area contributed by atoms with E-state index in [2.05, 4.69) is 84.3 Å². The topological polar surface area (TPSA) is 63.1 Å². The van der Waals surface area contributed by atoms with Crippen molar-refractivity contribution in [3.8, 4) is 16.8 Å². The number of fused-ring (bicyclic) bond motifs is 1. The summed E-state index contributed by atoms with van der Waals surface area (Å²) in [4.78, 5) is 2.20. The van der Waals surface area contributed by atoms with Crippen LogP contribution in [0.4, 0.5) is 5.69 Å². The zero-order valence-corrected chi connectivity index (χ0v) is 18.1. The van der Waals surface area contributed by atoms with E-state index in [9.17, 15) is 8.42 Å². The molecule has 1 aromatic heterocycles. The van der Waals surface area contributed by atoms with Gasteiger partial charge in [0.25, 0.3) is 0 Å². The van der Waals surface area contributed by atoms with Gasteiger partial charge in [-0.25, -0.2) is 8.42 Å². The lowest BCUT2D eigenvalue weighted by molar-refractivity contribution is 0.607. The number of thiol groups is 1. The highest BCUT2D eigenvalue weighted by Crippen LogP contribution is 2.33. The molecule has 0 aliphatic heterocycles. The Kier molecular flexibility index (Phi) is 5.61. The first-order valence-corrected chi connectivity index (χ1v) is 11.1. The Morgan fingerprint density at radius 3 is 2.17 bits per heavy atom. The average Bonchev–Trinajstić information content (AvgIpc) is 3.12. The highest BCUT2D eigenvalue weighted by atomic mass is 32.2. The molecule has 0 aliphatic carbocycles. The second-order valence-corrected chi connectivity index (χ2v) is 8.49. The standard InChI is InChI=1S/C24H25N3O2S/c1-16(2)23-15-27(21-11-9-20(10-12-21)25-26-30(28)29)24-14-19(8-13-22(23)24)18-6-4-17(3)5-7-18/h4-16,25,30H,1-3H3,(H,26,28,29). The molecule has 1 heterocycles. The lowest BCUT2D eigenvalue weighted by atomic mass is 9.99. The summed E-state index contributed by atoms with van der Waals surface area (Å²) < 4.78 is 23.6. The molecule has 0 fully saturated rings. The van der Waals surface area contributed by atoms with Gasteiger partial charge in [0.15, 0.2) is 0 Å². The minimum Gasteiger partial charge on any atom is -0.316 e. The molecule has 0 saturated carbocycles. The Balaban J connectivity index is 1.79. The maximum Gasteiger partial charge on any atom is 0.218 e. The van der Waals surface area contributed by atoms with Crippen molar-refractivity contribution in [3.05, 3.63) is 84.1 Å². The SMILES string of the molecule is Cc1ccc(-c2ccc3c(C(C)C)cn(-c4ccc(NN[SH](=O)=O)cc4)c3c2)cc1. The van der Waals surface area contributed by atoms with Crippen LogP contribution in [0.1, 0.15) is 30.9 Å². The number of nitrogens with one attached hydrogen (secondary N) is 2. The lowest BCUT2D eigenvalue weighted by Crippen LogP contribution is -2.18. The first kappa shape index (κ1) is 20.2. The first-order chi connectivity index (χ1) is 14.4. The number of hydrogen-bond acceptors (Lipinski definition) is 3. The monoisotopic (exact) mass is 419 g/mol. The van der Waals surface area contributed by atoms with E-state index in [4.69, 9.17) is 0 Å². The molecule has 0 spiro atoms. The lowest BCUT2D eigenvalue weighted by Gasteiger charge is -2.09. The number of anilines is 1. The molecule has 5 nitrogen and oxygen atoms in total. The molecule has 0 aliphatic rings. The largest absolute Gasteiger partial charge is 0.316 e. The van der Waals surface area contributed by atoms with E-state index in [1.54, 1.807) is 0 Å². The smallest absolute Gasteiger partial charge is 0.218 e. The number of aryl methyl sites for hydroxylation is 1. The van der Waals surface area contributed by atoms with Crippen molar-refractivity contribution in [1.82, 2.24) is 9.40 Å². The van der Waals surface area contributed by atoms with Gasteiger partial charge in [0.05, 0.1) is 5.52 Å². The van der Waals surface area contributed by atoms with Gasteiger partial charge in [-0.15, -0.1) is 4.83 Å². The maximum absolute atomic E-state index is 10.7. The van der Waals surface area contributed by atoms with Gasteiger partial charge in [-0.2, -0.15) is 0 Å². The van der Waals surface area contributed by atoms with Crippen molar-refractivity contribution in [2.24, 2.45) is 0 Å². The van der Waals surface area contributed by atoms with E-state index in [1.807, 2.05) is 24.3 Å². The molecule has 4 rings (SSSR count). The third kappa shape index (κ3) is 4.10. The third-order valence-corrected chi connectivity index (χ3v) is 5.57. The summed E-state index contributed by atoms with van der Waals surface area (Å²) >= 11 is 0. The van der Waals surface area contributed by atoms with Crippen LogP contribution in [0.3, 0.4) is 0 Å². The highest BCUT2D eigenvalue weighted by Gasteiger charge is 2.14. The Bertz CT molecular complexity index is 1250. The summed E-state index contributed by atoms with van der Waals surface area (Å²) in [7, 11) is -2.70. The number of benzene rings is 3. The van der Waals surface area contributed by atoms with Gasteiger partial charge in [-0.3, -0.25) is 0 Å². The van der Waals surface area contributed by atoms with Crippen LogP contribution in [0.25, 0.3) is 27.7 Å². The number of aromatic nitrogens is 1. The molecule has 2 N–H and O–H groups in total. The van der Waals surface area contributed by atoms with Gasteiger partial charge in [0, 0.05) is 23.0 Å². The average molecular weight is 420 g/mol. The van der Waals surface area contributed by atoms with E-state index in [0.717, 1.165) is 11.2 Å². The summed E-state index contributed by atoms with van der Waals surface area (Å²) in [5.74, 6) is 0.400. The zero-order chi connectivity index (χ0) is 21.3. The number of rotatable bonds is 6. The van der Waals surface area contributed by atoms with Crippen LogP contribution in [-0.4, -0.2) is 13.0 Å². The van der Waals surface area contributed by atoms with Gasteiger partial charge in [-0.05, 0) is 59.9 Å². The maximum atomic E-state index is 10.7. The molecule has 0 radical (unpaired) electrons. The van der Waals surface area contributed by atoms with Crippen LogP contribution in [-0.2, 0) is 10.9 Å². The van der Waals surface area contributed by atoms with Gasteiger partial charge in [0.1, 0.15) is 0 Å². The van der Waals surface area contributed by atoms with E-state index >= 15 is 0 Å². The normalized spacial score (nSPS) is 11.5. The third-order valence-electron chi connectivity index (χ3n) is 5.28. The Morgan fingerprint density at radius 1 is 0.867 bits per heavy atom. The second-order valence-electron chi connectivity index (χ2n) is 7.75. The fourth-order valence-corrected chi connectivity index (χ4v) is 3.89. The molecular formula is C24H25N3O2S. The minimum atomic E-state index is -2.70. The van der Waals surface area contributed by atoms with Crippen LogP contribution in [0.2, 0.25) is 0 Å². The Hall–Kier alpha value is -3.09. The molecular weight excluding hydrogens is 394 g/mol. The molecule has 0 unspecified atom stereocenters. The minimum absolute atomic E-state index is 0.400. The summed E-state index contributed by atoms with van der Waals surface area (Å²) in [6.45, 7) is 6.50. The van der Waals surface area contributed by atoms with Crippen LogP contribution in [0.15, 0.2) is 72.9 Å². The second kappa shape index (κ2) is 8.34. The number of hydrogen-bond donors (Lipinski definition) is 3. The van der Waals surface area contributed by atoms with E-state index in [1.165, 1.54) is 27.6 Å². The van der Waals surface area contributed by atoms with Crippen LogP contribution < -0.4 is 10.3 Å². The fraction of sp³-hybridized carbons (Fsp3) is 0.167. The number of nitrogens with zero attached hydrogens (tertiary/aromatic N) is 1. The summed E-state index contributed by atoms with van der Waals surface area (Å²) in [5, 5.41) is 1.24. The van der Waals surface area contributed by atoms with Crippen molar-refractivity contribution < 1.29 is 8.42 Å². The Labute approximate surface area is 178 Å². The molecule has 0 atom stereocenters. The molecule has 154 valence electrons.